The molecule has 1 rings (SSSR count). The molecule has 66 valence electrons. The van der Waals surface area contributed by atoms with Crippen LogP contribution in [0.3, 0.4) is 0 Å². The number of ether oxygens (including phenoxy) is 1. The average Bonchev–Trinajstić information content (AvgIpc) is 2.04. The maximum Gasteiger partial charge on any atom is 0.0589 e. The van der Waals surface area contributed by atoms with Gasteiger partial charge in [-0.25, -0.2) is 0 Å². The highest BCUT2D eigenvalue weighted by molar-refractivity contribution is 4.73. The third kappa shape index (κ3) is 3.18. The number of nitrogens with two attached hydrogens (primary N) is 1. The molecule has 0 radical (unpaired) electrons. The lowest BCUT2D eigenvalue weighted by molar-refractivity contribution is 0.130. The Morgan fingerprint density at radius 2 is 2.09 bits per heavy atom. The summed E-state index contributed by atoms with van der Waals surface area (Å²) in [4.78, 5) is 2.41. The Morgan fingerprint density at radius 3 is 2.64 bits per heavy atom. The molecule has 0 bridgehead atoms. The fourth-order valence-corrected chi connectivity index (χ4v) is 1.40. The molecule has 0 aromatic carbocycles. The summed E-state index contributed by atoms with van der Waals surface area (Å²) in [5.41, 5.74) is 5.77. The third-order valence-corrected chi connectivity index (χ3v) is 2.24. The smallest absolute Gasteiger partial charge is 0.0589 e. The van der Waals surface area contributed by atoms with Gasteiger partial charge >= 0.3 is 0 Å². The van der Waals surface area contributed by atoms with Gasteiger partial charge in [0.05, 0.1) is 6.61 Å². The second-order valence-corrected chi connectivity index (χ2v) is 3.17. The van der Waals surface area contributed by atoms with Crippen molar-refractivity contribution in [3.8, 4) is 0 Å². The van der Waals surface area contributed by atoms with E-state index in [0.717, 1.165) is 39.1 Å². The Balaban J connectivity index is 2.07. The molecule has 0 saturated carbocycles. The van der Waals surface area contributed by atoms with Crippen LogP contribution < -0.4 is 5.73 Å². The molecule has 1 aliphatic rings. The van der Waals surface area contributed by atoms with E-state index in [0.29, 0.717) is 6.04 Å². The second-order valence-electron chi connectivity index (χ2n) is 3.17. The second kappa shape index (κ2) is 4.70. The Morgan fingerprint density at radius 1 is 1.45 bits per heavy atom. The normalized spacial score (nSPS) is 22.4. The largest absolute Gasteiger partial charge is 0.383 e. The summed E-state index contributed by atoms with van der Waals surface area (Å²) in [5, 5.41) is 0. The first kappa shape index (κ1) is 8.97. The molecular formula is C8H18N2O. The molecule has 0 atom stereocenters. The van der Waals surface area contributed by atoms with Gasteiger partial charge in [-0.2, -0.15) is 0 Å². The van der Waals surface area contributed by atoms with Gasteiger partial charge in [0.1, 0.15) is 0 Å². The van der Waals surface area contributed by atoms with Crippen molar-refractivity contribution in [3.05, 3.63) is 0 Å². The highest BCUT2D eigenvalue weighted by Gasteiger charge is 2.14. The summed E-state index contributed by atoms with van der Waals surface area (Å²) in [6.07, 6.45) is 2.29. The van der Waals surface area contributed by atoms with Gasteiger partial charge < -0.3 is 15.4 Å². The van der Waals surface area contributed by atoms with Crippen LogP contribution in [0.25, 0.3) is 0 Å². The zero-order valence-electron chi connectivity index (χ0n) is 7.25. The van der Waals surface area contributed by atoms with Crippen LogP contribution in [0.1, 0.15) is 12.8 Å². The van der Waals surface area contributed by atoms with Gasteiger partial charge in [-0.05, 0) is 25.9 Å². The lowest BCUT2D eigenvalue weighted by Crippen LogP contribution is -2.40. The number of hydrogen-bond acceptors (Lipinski definition) is 3. The number of methoxy groups -OCH3 is 1. The molecule has 0 aliphatic carbocycles. The lowest BCUT2D eigenvalue weighted by atomic mass is 10.1. The van der Waals surface area contributed by atoms with Crippen LogP contribution in [0.2, 0.25) is 0 Å². The summed E-state index contributed by atoms with van der Waals surface area (Å²) in [7, 11) is 1.75. The van der Waals surface area contributed by atoms with E-state index < -0.39 is 0 Å². The maximum absolute atomic E-state index is 5.77. The summed E-state index contributed by atoms with van der Waals surface area (Å²) < 4.78 is 5.00. The predicted molar refractivity (Wildman–Crippen MR) is 45.5 cm³/mol. The predicted octanol–water partition coefficient (Wildman–Crippen LogP) is 0.0559. The fraction of sp³-hybridized carbons (Fsp3) is 1.00. The SMILES string of the molecule is COCCN1CCC(N)CC1. The quantitative estimate of drug-likeness (QED) is 0.631. The first-order chi connectivity index (χ1) is 5.33. The first-order valence-corrected chi connectivity index (χ1v) is 4.30. The highest BCUT2D eigenvalue weighted by atomic mass is 16.5. The monoisotopic (exact) mass is 158 g/mol. The van der Waals surface area contributed by atoms with Crippen LogP contribution in [0, 0.1) is 0 Å². The zero-order chi connectivity index (χ0) is 8.10. The Kier molecular flexibility index (Phi) is 3.83. The number of likely N-dealkylation sites (tertiary alicyclic amines) is 1. The molecule has 1 heterocycles. The molecule has 3 heteroatoms. The summed E-state index contributed by atoms with van der Waals surface area (Å²) in [6, 6.07) is 0.439. The molecule has 0 unspecified atom stereocenters. The van der Waals surface area contributed by atoms with Crippen molar-refractivity contribution in [1.29, 1.82) is 0 Å². The zero-order valence-corrected chi connectivity index (χ0v) is 7.25. The molecule has 1 fully saturated rings. The van der Waals surface area contributed by atoms with Gasteiger partial charge in [0, 0.05) is 19.7 Å². The molecule has 3 nitrogen and oxygen atoms in total. The standard InChI is InChI=1S/C8H18N2O/c1-11-7-6-10-4-2-8(9)3-5-10/h8H,2-7,9H2,1H3. The molecular weight excluding hydrogens is 140 g/mol. The minimum absolute atomic E-state index is 0.439. The van der Waals surface area contributed by atoms with Crippen molar-refractivity contribution >= 4 is 0 Å². The van der Waals surface area contributed by atoms with Crippen molar-refractivity contribution in [2.75, 3.05) is 33.4 Å². The van der Waals surface area contributed by atoms with E-state index in [1.165, 1.54) is 0 Å². The van der Waals surface area contributed by atoms with E-state index >= 15 is 0 Å². The van der Waals surface area contributed by atoms with E-state index in [-0.39, 0.29) is 0 Å². The number of rotatable bonds is 3. The third-order valence-electron chi connectivity index (χ3n) is 2.24. The minimum atomic E-state index is 0.439. The van der Waals surface area contributed by atoms with E-state index in [9.17, 15) is 0 Å². The van der Waals surface area contributed by atoms with E-state index in [2.05, 4.69) is 4.90 Å². The molecule has 0 aromatic heterocycles. The molecule has 0 amide bonds. The van der Waals surface area contributed by atoms with Crippen LogP contribution in [0.5, 0.6) is 0 Å². The Labute approximate surface area is 68.5 Å². The van der Waals surface area contributed by atoms with Gasteiger partial charge in [-0.15, -0.1) is 0 Å². The van der Waals surface area contributed by atoms with Gasteiger partial charge in [-0.3, -0.25) is 0 Å². The topological polar surface area (TPSA) is 38.5 Å². The molecule has 0 aromatic rings. The van der Waals surface area contributed by atoms with Crippen LogP contribution >= 0.6 is 0 Å². The minimum Gasteiger partial charge on any atom is -0.383 e. The van der Waals surface area contributed by atoms with Crippen LogP contribution in [-0.2, 0) is 4.74 Å². The van der Waals surface area contributed by atoms with Crippen LogP contribution in [0.4, 0.5) is 0 Å². The molecule has 11 heavy (non-hydrogen) atoms. The molecule has 0 spiro atoms. The molecule has 2 N–H and O–H groups in total. The van der Waals surface area contributed by atoms with Crippen molar-refractivity contribution in [2.45, 2.75) is 18.9 Å². The van der Waals surface area contributed by atoms with Crippen molar-refractivity contribution in [2.24, 2.45) is 5.73 Å². The highest BCUT2D eigenvalue weighted by Crippen LogP contribution is 2.06. The van der Waals surface area contributed by atoms with E-state index in [4.69, 9.17) is 10.5 Å². The van der Waals surface area contributed by atoms with Crippen molar-refractivity contribution < 1.29 is 4.74 Å². The molecule has 1 aliphatic heterocycles. The Hall–Kier alpha value is -0.120. The van der Waals surface area contributed by atoms with Crippen LogP contribution in [0.15, 0.2) is 0 Å². The first-order valence-electron chi connectivity index (χ1n) is 4.30. The molecule has 1 saturated heterocycles. The van der Waals surface area contributed by atoms with Gasteiger partial charge in [-0.1, -0.05) is 0 Å². The van der Waals surface area contributed by atoms with E-state index in [1.807, 2.05) is 0 Å². The number of hydrogen-bond donors (Lipinski definition) is 1. The van der Waals surface area contributed by atoms with Gasteiger partial charge in [0.2, 0.25) is 0 Å². The Bertz CT molecular complexity index is 97.5. The number of nitrogens with zero attached hydrogens (tertiary/aromatic N) is 1. The number of piperidine rings is 1. The summed E-state index contributed by atoms with van der Waals surface area (Å²) >= 11 is 0. The lowest BCUT2D eigenvalue weighted by Gasteiger charge is -2.29. The van der Waals surface area contributed by atoms with Gasteiger partial charge in [0.25, 0.3) is 0 Å². The van der Waals surface area contributed by atoms with Crippen molar-refractivity contribution in [3.63, 3.8) is 0 Å². The maximum atomic E-state index is 5.77. The van der Waals surface area contributed by atoms with E-state index in [1.54, 1.807) is 7.11 Å². The van der Waals surface area contributed by atoms with Gasteiger partial charge in [0.15, 0.2) is 0 Å². The van der Waals surface area contributed by atoms with Crippen LogP contribution in [-0.4, -0.2) is 44.3 Å². The summed E-state index contributed by atoms with van der Waals surface area (Å²) in [5.74, 6) is 0. The summed E-state index contributed by atoms with van der Waals surface area (Å²) in [6.45, 7) is 4.19. The van der Waals surface area contributed by atoms with Crippen molar-refractivity contribution in [1.82, 2.24) is 4.90 Å². The fourth-order valence-electron chi connectivity index (χ4n) is 1.40. The average molecular weight is 158 g/mol.